The summed E-state index contributed by atoms with van der Waals surface area (Å²) in [5.74, 6) is -0.697. The second-order valence-electron chi connectivity index (χ2n) is 4.37. The van der Waals surface area contributed by atoms with Gasteiger partial charge in [-0.25, -0.2) is 4.79 Å². The molecule has 0 amide bonds. The van der Waals surface area contributed by atoms with Crippen molar-refractivity contribution in [2.45, 2.75) is 6.92 Å². The highest BCUT2D eigenvalue weighted by atomic mass is 16.5. The fourth-order valence-corrected chi connectivity index (χ4v) is 1.91. The van der Waals surface area contributed by atoms with Gasteiger partial charge in [-0.3, -0.25) is 4.79 Å². The predicted molar refractivity (Wildman–Crippen MR) is 82.2 cm³/mol. The highest BCUT2D eigenvalue weighted by Gasteiger charge is 2.15. The van der Waals surface area contributed by atoms with Crippen molar-refractivity contribution in [2.75, 3.05) is 6.61 Å². The first-order chi connectivity index (χ1) is 10.2. The third-order valence-electron chi connectivity index (χ3n) is 2.91. The molecule has 0 bridgehead atoms. The third-order valence-corrected chi connectivity index (χ3v) is 2.91. The summed E-state index contributed by atoms with van der Waals surface area (Å²) >= 11 is 0. The molecule has 106 valence electrons. The van der Waals surface area contributed by atoms with E-state index >= 15 is 0 Å². The Hall–Kier alpha value is -2.68. The second-order valence-corrected chi connectivity index (χ2v) is 4.37. The van der Waals surface area contributed by atoms with Crippen LogP contribution >= 0.6 is 0 Å². The lowest BCUT2D eigenvalue weighted by Crippen LogP contribution is -2.10. The molecular weight excluding hydrogens is 264 g/mol. The number of ketones is 1. The highest BCUT2D eigenvalue weighted by molar-refractivity contribution is 6.12. The molecule has 2 rings (SSSR count). The molecule has 0 heterocycles. The average molecular weight is 280 g/mol. The van der Waals surface area contributed by atoms with Crippen LogP contribution in [-0.2, 0) is 4.74 Å². The van der Waals surface area contributed by atoms with Gasteiger partial charge in [0.15, 0.2) is 5.78 Å². The number of hydrogen-bond acceptors (Lipinski definition) is 3. The first-order valence-corrected chi connectivity index (χ1v) is 6.76. The summed E-state index contributed by atoms with van der Waals surface area (Å²) in [4.78, 5) is 24.1. The molecule has 0 spiro atoms. The molecule has 0 aliphatic heterocycles. The fourth-order valence-electron chi connectivity index (χ4n) is 1.91. The molecule has 0 fully saturated rings. The number of carbonyl (C=O) groups is 2. The van der Waals surface area contributed by atoms with Crippen LogP contribution in [0.1, 0.15) is 33.2 Å². The van der Waals surface area contributed by atoms with Crippen LogP contribution in [0.25, 0.3) is 6.08 Å². The Balaban J connectivity index is 2.24. The van der Waals surface area contributed by atoms with Crippen molar-refractivity contribution >= 4 is 17.8 Å². The van der Waals surface area contributed by atoms with E-state index in [9.17, 15) is 9.59 Å². The van der Waals surface area contributed by atoms with E-state index in [-0.39, 0.29) is 12.4 Å². The SMILES string of the molecule is CCOC(=O)c1ccccc1C(=O)/C=C/c1ccccc1. The van der Waals surface area contributed by atoms with Crippen molar-refractivity contribution in [2.24, 2.45) is 0 Å². The second kappa shape index (κ2) is 7.20. The van der Waals surface area contributed by atoms with Gasteiger partial charge in [-0.05, 0) is 24.6 Å². The number of ether oxygens (including phenoxy) is 1. The van der Waals surface area contributed by atoms with Gasteiger partial charge in [0, 0.05) is 5.56 Å². The quantitative estimate of drug-likeness (QED) is 0.476. The number of carbonyl (C=O) groups excluding carboxylic acids is 2. The largest absolute Gasteiger partial charge is 0.462 e. The monoisotopic (exact) mass is 280 g/mol. The van der Waals surface area contributed by atoms with E-state index < -0.39 is 5.97 Å². The van der Waals surface area contributed by atoms with Crippen LogP contribution in [0.15, 0.2) is 60.7 Å². The summed E-state index contributed by atoms with van der Waals surface area (Å²) in [7, 11) is 0. The van der Waals surface area contributed by atoms with Crippen LogP contribution in [0.3, 0.4) is 0 Å². The minimum absolute atomic E-state index is 0.220. The maximum atomic E-state index is 12.3. The maximum Gasteiger partial charge on any atom is 0.338 e. The Labute approximate surface area is 123 Å². The summed E-state index contributed by atoms with van der Waals surface area (Å²) in [5, 5.41) is 0. The molecule has 0 aliphatic carbocycles. The number of benzene rings is 2. The van der Waals surface area contributed by atoms with Crippen LogP contribution in [0.2, 0.25) is 0 Å². The van der Waals surface area contributed by atoms with E-state index in [4.69, 9.17) is 4.74 Å². The van der Waals surface area contributed by atoms with Crippen molar-refractivity contribution < 1.29 is 14.3 Å². The Morgan fingerprint density at radius 1 is 0.952 bits per heavy atom. The molecule has 2 aromatic rings. The van der Waals surface area contributed by atoms with E-state index in [0.29, 0.717) is 11.1 Å². The van der Waals surface area contributed by atoms with Gasteiger partial charge in [0.25, 0.3) is 0 Å². The first kappa shape index (κ1) is 14.7. The van der Waals surface area contributed by atoms with Gasteiger partial charge in [0.05, 0.1) is 12.2 Å². The van der Waals surface area contributed by atoms with Crippen LogP contribution in [-0.4, -0.2) is 18.4 Å². The average Bonchev–Trinajstić information content (AvgIpc) is 2.54. The lowest BCUT2D eigenvalue weighted by Gasteiger charge is -2.05. The first-order valence-electron chi connectivity index (χ1n) is 6.76. The van der Waals surface area contributed by atoms with Crippen LogP contribution < -0.4 is 0 Å². The Morgan fingerprint density at radius 3 is 2.24 bits per heavy atom. The summed E-state index contributed by atoms with van der Waals surface area (Å²) in [6.45, 7) is 2.01. The van der Waals surface area contributed by atoms with E-state index in [1.165, 1.54) is 6.08 Å². The highest BCUT2D eigenvalue weighted by Crippen LogP contribution is 2.13. The summed E-state index contributed by atoms with van der Waals surface area (Å²) in [5.41, 5.74) is 1.57. The molecule has 3 nitrogen and oxygen atoms in total. The lowest BCUT2D eigenvalue weighted by atomic mass is 10.0. The van der Waals surface area contributed by atoms with E-state index in [0.717, 1.165) is 5.56 Å². The third kappa shape index (κ3) is 3.89. The van der Waals surface area contributed by atoms with Gasteiger partial charge < -0.3 is 4.74 Å². The van der Waals surface area contributed by atoms with E-state index in [1.807, 2.05) is 30.3 Å². The molecule has 0 aromatic heterocycles. The molecular formula is C18H16O3. The van der Waals surface area contributed by atoms with Gasteiger partial charge in [-0.2, -0.15) is 0 Å². The van der Waals surface area contributed by atoms with Crippen molar-refractivity contribution in [3.05, 3.63) is 77.4 Å². The zero-order valence-electron chi connectivity index (χ0n) is 11.8. The van der Waals surface area contributed by atoms with Crippen LogP contribution in [0.4, 0.5) is 0 Å². The van der Waals surface area contributed by atoms with Gasteiger partial charge >= 0.3 is 5.97 Å². The molecule has 0 N–H and O–H groups in total. The Morgan fingerprint density at radius 2 is 1.57 bits per heavy atom. The Kier molecular flexibility index (Phi) is 5.04. The summed E-state index contributed by atoms with van der Waals surface area (Å²) in [6.07, 6.45) is 3.19. The minimum Gasteiger partial charge on any atom is -0.462 e. The zero-order chi connectivity index (χ0) is 15.1. The zero-order valence-corrected chi connectivity index (χ0v) is 11.8. The van der Waals surface area contributed by atoms with Crippen LogP contribution in [0.5, 0.6) is 0 Å². The number of hydrogen-bond donors (Lipinski definition) is 0. The van der Waals surface area contributed by atoms with Gasteiger partial charge in [0.1, 0.15) is 0 Å². The lowest BCUT2D eigenvalue weighted by molar-refractivity contribution is 0.0523. The molecule has 0 saturated heterocycles. The topological polar surface area (TPSA) is 43.4 Å². The minimum atomic E-state index is -0.477. The fraction of sp³-hybridized carbons (Fsp3) is 0.111. The maximum absolute atomic E-state index is 12.3. The van der Waals surface area contributed by atoms with Crippen molar-refractivity contribution in [3.8, 4) is 0 Å². The molecule has 0 atom stereocenters. The van der Waals surface area contributed by atoms with E-state index in [2.05, 4.69) is 0 Å². The van der Waals surface area contributed by atoms with Gasteiger partial charge in [0.2, 0.25) is 0 Å². The molecule has 2 aromatic carbocycles. The molecule has 21 heavy (non-hydrogen) atoms. The standard InChI is InChI=1S/C18H16O3/c1-2-21-18(20)16-11-7-6-10-15(16)17(19)13-12-14-8-4-3-5-9-14/h3-13H,2H2,1H3/b13-12+. The smallest absolute Gasteiger partial charge is 0.338 e. The van der Waals surface area contributed by atoms with Crippen LogP contribution in [0, 0.1) is 0 Å². The number of allylic oxidation sites excluding steroid dienone is 1. The molecule has 0 aliphatic rings. The van der Waals surface area contributed by atoms with Crippen molar-refractivity contribution in [1.29, 1.82) is 0 Å². The molecule has 0 saturated carbocycles. The normalized spacial score (nSPS) is 10.5. The molecule has 0 radical (unpaired) electrons. The summed E-state index contributed by atoms with van der Waals surface area (Å²) in [6, 6.07) is 16.2. The van der Waals surface area contributed by atoms with Gasteiger partial charge in [-0.1, -0.05) is 54.6 Å². The van der Waals surface area contributed by atoms with Crippen molar-refractivity contribution in [3.63, 3.8) is 0 Å². The number of rotatable bonds is 5. The number of esters is 1. The molecule has 0 unspecified atom stereocenters. The van der Waals surface area contributed by atoms with E-state index in [1.54, 1.807) is 37.3 Å². The predicted octanol–water partition coefficient (Wildman–Crippen LogP) is 3.76. The molecule has 3 heteroatoms. The van der Waals surface area contributed by atoms with Gasteiger partial charge in [-0.15, -0.1) is 0 Å². The Bertz CT molecular complexity index is 657. The van der Waals surface area contributed by atoms with Crippen molar-refractivity contribution in [1.82, 2.24) is 0 Å². The summed E-state index contributed by atoms with van der Waals surface area (Å²) < 4.78 is 4.97.